The van der Waals surface area contributed by atoms with Crippen LogP contribution in [0.4, 0.5) is 0 Å². The second-order valence-corrected chi connectivity index (χ2v) is 10.9. The van der Waals surface area contributed by atoms with Crippen LogP contribution in [0.15, 0.2) is 36.4 Å². The van der Waals surface area contributed by atoms with Crippen molar-refractivity contribution in [2.45, 2.75) is 73.7 Å². The van der Waals surface area contributed by atoms with E-state index < -0.39 is 0 Å². The Bertz CT molecular complexity index is 834. The second kappa shape index (κ2) is 11.9. The third-order valence-electron chi connectivity index (χ3n) is 5.70. The summed E-state index contributed by atoms with van der Waals surface area (Å²) in [7, 11) is 1.61. The zero-order valence-electron chi connectivity index (χ0n) is 21.4. The third kappa shape index (κ3) is 8.33. The molecule has 2 aromatic carbocycles. The molecule has 5 heteroatoms. The Kier molecular flexibility index (Phi) is 9.77. The van der Waals surface area contributed by atoms with Crippen LogP contribution in [0.3, 0.4) is 0 Å². The molecule has 0 aliphatic heterocycles. The number of aliphatic hydroxyl groups is 2. The minimum absolute atomic E-state index is 0.175. The predicted molar refractivity (Wildman–Crippen MR) is 133 cm³/mol. The highest BCUT2D eigenvalue weighted by molar-refractivity contribution is 5.44. The van der Waals surface area contributed by atoms with Gasteiger partial charge in [0.25, 0.3) is 0 Å². The summed E-state index contributed by atoms with van der Waals surface area (Å²) < 4.78 is 16.9. The quantitative estimate of drug-likeness (QED) is 0.414. The van der Waals surface area contributed by atoms with E-state index in [1.807, 2.05) is 24.3 Å². The first-order valence-corrected chi connectivity index (χ1v) is 11.7. The van der Waals surface area contributed by atoms with Crippen LogP contribution in [0, 0.1) is 10.8 Å². The highest BCUT2D eigenvalue weighted by Crippen LogP contribution is 2.43. The van der Waals surface area contributed by atoms with E-state index in [1.165, 1.54) is 5.56 Å². The molecular weight excluding hydrogens is 416 g/mol. The topological polar surface area (TPSA) is 68.2 Å². The largest absolute Gasteiger partial charge is 0.490 e. The maximum absolute atomic E-state index is 9.73. The van der Waals surface area contributed by atoms with E-state index in [2.05, 4.69) is 53.7 Å². The lowest BCUT2D eigenvalue weighted by molar-refractivity contribution is 0.182. The number of hydrogen-bond acceptors (Lipinski definition) is 5. The van der Waals surface area contributed by atoms with Crippen LogP contribution in [0.25, 0.3) is 0 Å². The monoisotopic (exact) mass is 458 g/mol. The number of rotatable bonds is 11. The highest BCUT2D eigenvalue weighted by Gasteiger charge is 2.30. The summed E-state index contributed by atoms with van der Waals surface area (Å²) in [6, 6.07) is 12.0. The first-order chi connectivity index (χ1) is 15.5. The average Bonchev–Trinajstić information content (AvgIpc) is 2.74. The van der Waals surface area contributed by atoms with Crippen LogP contribution in [-0.2, 0) is 24.6 Å². The summed E-state index contributed by atoms with van der Waals surface area (Å²) in [5.74, 6) is 1.77. The third-order valence-corrected chi connectivity index (χ3v) is 5.70. The molecule has 0 spiro atoms. The van der Waals surface area contributed by atoms with Crippen LogP contribution in [0.2, 0.25) is 0 Å². The maximum atomic E-state index is 9.73. The Hall–Kier alpha value is -2.08. The predicted octanol–water partition coefficient (Wildman–Crippen LogP) is 5.84. The van der Waals surface area contributed by atoms with Gasteiger partial charge < -0.3 is 24.4 Å². The molecule has 1 atom stereocenters. The smallest absolute Gasteiger partial charge is 0.130 e. The molecule has 184 valence electrons. The number of hydrogen-bond donors (Lipinski definition) is 2. The van der Waals surface area contributed by atoms with Gasteiger partial charge in [0.15, 0.2) is 0 Å². The van der Waals surface area contributed by atoms with Gasteiger partial charge in [0.1, 0.15) is 24.7 Å². The van der Waals surface area contributed by atoms with Gasteiger partial charge in [-0.05, 0) is 58.6 Å². The molecule has 2 aromatic rings. The number of methoxy groups -OCH3 is 1. The zero-order chi connectivity index (χ0) is 24.6. The Balaban J connectivity index is 2.00. The summed E-state index contributed by atoms with van der Waals surface area (Å²) in [6.45, 7) is 14.5. The van der Waals surface area contributed by atoms with Crippen LogP contribution in [-0.4, -0.2) is 30.5 Å². The summed E-state index contributed by atoms with van der Waals surface area (Å²) in [6.07, 6.45) is 1.12. The first-order valence-electron chi connectivity index (χ1n) is 11.7. The average molecular weight is 459 g/mol. The summed E-state index contributed by atoms with van der Waals surface area (Å²) in [4.78, 5) is 0. The molecule has 0 saturated carbocycles. The lowest BCUT2D eigenvalue weighted by atomic mass is 9.69. The van der Waals surface area contributed by atoms with E-state index in [1.54, 1.807) is 7.11 Å². The number of aliphatic hydroxyl groups excluding tert-OH is 2. The number of ether oxygens (including phenoxy) is 3. The van der Waals surface area contributed by atoms with Crippen LogP contribution in [0.1, 0.15) is 76.1 Å². The molecule has 0 heterocycles. The van der Waals surface area contributed by atoms with Gasteiger partial charge in [-0.1, -0.05) is 53.7 Å². The fourth-order valence-electron chi connectivity index (χ4n) is 4.13. The Labute approximate surface area is 199 Å². The van der Waals surface area contributed by atoms with Gasteiger partial charge in [0.2, 0.25) is 0 Å². The molecule has 0 radical (unpaired) electrons. The van der Waals surface area contributed by atoms with Crippen molar-refractivity contribution in [2.24, 2.45) is 10.8 Å². The summed E-state index contributed by atoms with van der Waals surface area (Å²) in [5, 5.41) is 19.5. The maximum Gasteiger partial charge on any atom is 0.130 e. The minimum atomic E-state index is -0.175. The fourth-order valence-corrected chi connectivity index (χ4v) is 4.13. The standard InChI is InChI=1S/C28H42O5/c1-27(2,3)16-25(28(4,5)6)21-8-10-24(11-9-21)32-12-13-33-26-22(17-29)14-20(19-31-7)15-23(26)18-30/h8-11,14-15,25,29-30H,12-13,16-19H2,1-7H3. The molecule has 1 unspecified atom stereocenters. The minimum Gasteiger partial charge on any atom is -0.490 e. The molecule has 2 rings (SSSR count). The van der Waals surface area contributed by atoms with Gasteiger partial charge in [0.05, 0.1) is 19.8 Å². The van der Waals surface area contributed by atoms with E-state index in [-0.39, 0.29) is 24.0 Å². The Morgan fingerprint density at radius 3 is 1.82 bits per heavy atom. The van der Waals surface area contributed by atoms with Gasteiger partial charge >= 0.3 is 0 Å². The lowest BCUT2D eigenvalue weighted by Gasteiger charge is -2.36. The Morgan fingerprint density at radius 1 is 0.818 bits per heavy atom. The molecule has 33 heavy (non-hydrogen) atoms. The molecular formula is C28H42O5. The summed E-state index contributed by atoms with van der Waals surface area (Å²) >= 11 is 0. The van der Waals surface area contributed by atoms with Gasteiger partial charge in [-0.15, -0.1) is 0 Å². The fraction of sp³-hybridized carbons (Fsp3) is 0.571. The molecule has 0 saturated heterocycles. The van der Waals surface area contributed by atoms with Crippen LogP contribution < -0.4 is 9.47 Å². The van der Waals surface area contributed by atoms with E-state index in [0.29, 0.717) is 42.6 Å². The summed E-state index contributed by atoms with van der Waals surface area (Å²) in [5.41, 5.74) is 3.91. The zero-order valence-corrected chi connectivity index (χ0v) is 21.4. The van der Waals surface area contributed by atoms with Crippen molar-refractivity contribution in [3.63, 3.8) is 0 Å². The normalized spacial score (nSPS) is 13.1. The van der Waals surface area contributed by atoms with E-state index in [4.69, 9.17) is 14.2 Å². The van der Waals surface area contributed by atoms with Gasteiger partial charge in [-0.3, -0.25) is 0 Å². The molecule has 0 aliphatic carbocycles. The Morgan fingerprint density at radius 2 is 1.36 bits per heavy atom. The highest BCUT2D eigenvalue weighted by atomic mass is 16.5. The lowest BCUT2D eigenvalue weighted by Crippen LogP contribution is -2.23. The van der Waals surface area contributed by atoms with Crippen LogP contribution in [0.5, 0.6) is 11.5 Å². The SMILES string of the molecule is COCc1cc(CO)c(OCCOc2ccc(C(CC(C)(C)C)C(C)(C)C)cc2)c(CO)c1. The van der Waals surface area contributed by atoms with Crippen molar-refractivity contribution < 1.29 is 24.4 Å². The van der Waals surface area contributed by atoms with Gasteiger partial charge in [0, 0.05) is 18.2 Å². The van der Waals surface area contributed by atoms with Crippen molar-refractivity contribution >= 4 is 0 Å². The molecule has 0 bridgehead atoms. The molecule has 0 aromatic heterocycles. The molecule has 0 amide bonds. The van der Waals surface area contributed by atoms with Crippen molar-refractivity contribution in [3.8, 4) is 11.5 Å². The van der Waals surface area contributed by atoms with Crippen molar-refractivity contribution in [3.05, 3.63) is 58.7 Å². The number of benzene rings is 2. The van der Waals surface area contributed by atoms with Gasteiger partial charge in [-0.2, -0.15) is 0 Å². The van der Waals surface area contributed by atoms with Crippen LogP contribution >= 0.6 is 0 Å². The molecule has 0 aliphatic rings. The van der Waals surface area contributed by atoms with Crippen molar-refractivity contribution in [1.29, 1.82) is 0 Å². The van der Waals surface area contributed by atoms with Crippen molar-refractivity contribution in [2.75, 3.05) is 20.3 Å². The second-order valence-electron chi connectivity index (χ2n) is 10.9. The van der Waals surface area contributed by atoms with E-state index >= 15 is 0 Å². The van der Waals surface area contributed by atoms with Crippen molar-refractivity contribution in [1.82, 2.24) is 0 Å². The molecule has 0 fully saturated rings. The van der Waals surface area contributed by atoms with Gasteiger partial charge in [-0.25, -0.2) is 0 Å². The van der Waals surface area contributed by atoms with E-state index in [9.17, 15) is 10.2 Å². The molecule has 5 nitrogen and oxygen atoms in total. The van der Waals surface area contributed by atoms with E-state index in [0.717, 1.165) is 17.7 Å². The first kappa shape index (κ1) is 27.2. The molecule has 2 N–H and O–H groups in total.